The van der Waals surface area contributed by atoms with Crippen molar-refractivity contribution in [2.75, 3.05) is 26.7 Å². The average molecular weight is 360 g/mol. The number of likely N-dealkylation sites (N-methyl/N-ethyl adjacent to an activating group) is 1. The number of hydrogen-bond donors (Lipinski definition) is 1. The second-order valence-corrected chi connectivity index (χ2v) is 7.30. The van der Waals surface area contributed by atoms with Gasteiger partial charge < -0.3 is 14.9 Å². The van der Waals surface area contributed by atoms with Gasteiger partial charge in [0.2, 0.25) is 11.8 Å². The summed E-state index contributed by atoms with van der Waals surface area (Å²) in [6, 6.07) is 4.13. The van der Waals surface area contributed by atoms with Crippen LogP contribution in [0, 0.1) is 26.7 Å². The Morgan fingerprint density at radius 3 is 2.15 bits per heavy atom. The van der Waals surface area contributed by atoms with Gasteiger partial charge in [0.1, 0.15) is 0 Å². The molecule has 0 aliphatic carbocycles. The molecular weight excluding hydrogens is 332 g/mol. The first-order valence-electron chi connectivity index (χ1n) is 9.00. The maximum absolute atomic E-state index is 12.5. The van der Waals surface area contributed by atoms with Crippen molar-refractivity contribution in [3.63, 3.8) is 0 Å². The summed E-state index contributed by atoms with van der Waals surface area (Å²) in [4.78, 5) is 39.1. The molecule has 1 heterocycles. The number of carboxylic acid groups (broad SMARTS) is 1. The molecule has 1 aliphatic heterocycles. The first-order chi connectivity index (χ1) is 12.2. The summed E-state index contributed by atoms with van der Waals surface area (Å²) < 4.78 is 0. The SMILES string of the molecule is Cc1cc(C)c(CC(=O)N(C)CC(=O)N2CCC(C(=O)O)CC2)c(C)c1. The summed E-state index contributed by atoms with van der Waals surface area (Å²) in [5.74, 6) is -1.38. The highest BCUT2D eigenvalue weighted by Gasteiger charge is 2.28. The van der Waals surface area contributed by atoms with Crippen LogP contribution in [0.3, 0.4) is 0 Å². The summed E-state index contributed by atoms with van der Waals surface area (Å²) in [7, 11) is 1.64. The number of amides is 2. The minimum absolute atomic E-state index is 0.0283. The lowest BCUT2D eigenvalue weighted by molar-refractivity contribution is -0.146. The maximum Gasteiger partial charge on any atom is 0.306 e. The molecular formula is C20H28N2O4. The molecule has 0 saturated carbocycles. The van der Waals surface area contributed by atoms with Gasteiger partial charge in [-0.05, 0) is 50.3 Å². The fourth-order valence-electron chi connectivity index (χ4n) is 3.54. The molecule has 0 unspecified atom stereocenters. The Kier molecular flexibility index (Phi) is 6.40. The third-order valence-electron chi connectivity index (χ3n) is 5.16. The first kappa shape index (κ1) is 19.9. The van der Waals surface area contributed by atoms with Crippen LogP contribution < -0.4 is 0 Å². The Morgan fingerprint density at radius 2 is 1.65 bits per heavy atom. The Balaban J connectivity index is 1.91. The number of piperidine rings is 1. The van der Waals surface area contributed by atoms with Crippen LogP contribution in [0.25, 0.3) is 0 Å². The van der Waals surface area contributed by atoms with Gasteiger partial charge in [0.05, 0.1) is 18.9 Å². The Morgan fingerprint density at radius 1 is 1.12 bits per heavy atom. The van der Waals surface area contributed by atoms with Crippen molar-refractivity contribution in [3.05, 3.63) is 34.4 Å². The third kappa shape index (κ3) is 4.84. The molecule has 6 nitrogen and oxygen atoms in total. The quantitative estimate of drug-likeness (QED) is 0.870. The van der Waals surface area contributed by atoms with E-state index in [9.17, 15) is 14.4 Å². The van der Waals surface area contributed by atoms with Crippen LogP contribution in [0.15, 0.2) is 12.1 Å². The molecule has 2 rings (SSSR count). The monoisotopic (exact) mass is 360 g/mol. The van der Waals surface area contributed by atoms with E-state index in [0.717, 1.165) is 16.7 Å². The predicted molar refractivity (Wildman–Crippen MR) is 98.9 cm³/mol. The van der Waals surface area contributed by atoms with Crippen LogP contribution in [0.1, 0.15) is 35.1 Å². The highest BCUT2D eigenvalue weighted by Crippen LogP contribution is 2.19. The zero-order valence-electron chi connectivity index (χ0n) is 16.0. The van der Waals surface area contributed by atoms with E-state index in [4.69, 9.17) is 5.11 Å². The van der Waals surface area contributed by atoms with Gasteiger partial charge in [0.15, 0.2) is 0 Å². The Bertz CT molecular complexity index is 683. The molecule has 0 bridgehead atoms. The summed E-state index contributed by atoms with van der Waals surface area (Å²) in [5.41, 5.74) is 4.37. The van der Waals surface area contributed by atoms with Crippen molar-refractivity contribution in [2.24, 2.45) is 5.92 Å². The second kappa shape index (κ2) is 8.34. The predicted octanol–water partition coefficient (Wildman–Crippen LogP) is 1.94. The molecule has 2 amide bonds. The molecule has 1 saturated heterocycles. The molecule has 142 valence electrons. The van der Waals surface area contributed by atoms with E-state index >= 15 is 0 Å². The number of rotatable bonds is 5. The van der Waals surface area contributed by atoms with Crippen LogP contribution in [-0.2, 0) is 20.8 Å². The molecule has 1 aliphatic rings. The molecule has 0 radical (unpaired) electrons. The zero-order valence-corrected chi connectivity index (χ0v) is 16.0. The minimum atomic E-state index is -0.798. The third-order valence-corrected chi connectivity index (χ3v) is 5.16. The van der Waals surface area contributed by atoms with E-state index in [2.05, 4.69) is 12.1 Å². The number of aliphatic carboxylic acids is 1. The highest BCUT2D eigenvalue weighted by molar-refractivity contribution is 5.86. The van der Waals surface area contributed by atoms with Crippen molar-refractivity contribution in [2.45, 2.75) is 40.0 Å². The minimum Gasteiger partial charge on any atom is -0.481 e. The van der Waals surface area contributed by atoms with Crippen molar-refractivity contribution in [3.8, 4) is 0 Å². The lowest BCUT2D eigenvalue weighted by Crippen LogP contribution is -2.45. The Hall–Kier alpha value is -2.37. The summed E-state index contributed by atoms with van der Waals surface area (Å²) in [6.45, 7) is 6.94. The number of nitrogens with zero attached hydrogens (tertiary/aromatic N) is 2. The molecule has 0 aromatic heterocycles. The van der Waals surface area contributed by atoms with Crippen LogP contribution in [0.4, 0.5) is 0 Å². The fourth-order valence-corrected chi connectivity index (χ4v) is 3.54. The molecule has 6 heteroatoms. The number of carbonyl (C=O) groups is 3. The number of likely N-dealkylation sites (tertiary alicyclic amines) is 1. The molecule has 1 aromatic rings. The zero-order chi connectivity index (χ0) is 19.4. The number of benzene rings is 1. The van der Waals surface area contributed by atoms with Gasteiger partial charge in [-0.15, -0.1) is 0 Å². The van der Waals surface area contributed by atoms with Gasteiger partial charge in [-0.3, -0.25) is 14.4 Å². The van der Waals surface area contributed by atoms with Crippen LogP contribution in [-0.4, -0.2) is 59.4 Å². The smallest absolute Gasteiger partial charge is 0.306 e. The van der Waals surface area contributed by atoms with Gasteiger partial charge in [-0.25, -0.2) is 0 Å². The van der Waals surface area contributed by atoms with Crippen LogP contribution >= 0.6 is 0 Å². The number of aryl methyl sites for hydroxylation is 3. The summed E-state index contributed by atoms with van der Waals surface area (Å²) in [5, 5.41) is 9.03. The van der Waals surface area contributed by atoms with Crippen LogP contribution in [0.2, 0.25) is 0 Å². The molecule has 0 atom stereocenters. The molecule has 0 spiro atoms. The van der Waals surface area contributed by atoms with Crippen molar-refractivity contribution >= 4 is 17.8 Å². The highest BCUT2D eigenvalue weighted by atomic mass is 16.4. The van der Waals surface area contributed by atoms with E-state index < -0.39 is 5.97 Å². The van der Waals surface area contributed by atoms with Crippen molar-refractivity contribution < 1.29 is 19.5 Å². The molecule has 26 heavy (non-hydrogen) atoms. The van der Waals surface area contributed by atoms with E-state index in [1.54, 1.807) is 11.9 Å². The Labute approximate surface area is 154 Å². The van der Waals surface area contributed by atoms with Crippen molar-refractivity contribution in [1.82, 2.24) is 9.80 Å². The lowest BCUT2D eigenvalue weighted by Gasteiger charge is -2.31. The van der Waals surface area contributed by atoms with E-state index in [0.29, 0.717) is 25.9 Å². The average Bonchev–Trinajstić information content (AvgIpc) is 2.57. The largest absolute Gasteiger partial charge is 0.481 e. The topological polar surface area (TPSA) is 77.9 Å². The van der Waals surface area contributed by atoms with E-state index in [-0.39, 0.29) is 30.7 Å². The van der Waals surface area contributed by atoms with Gasteiger partial charge >= 0.3 is 5.97 Å². The normalized spacial score (nSPS) is 15.0. The van der Waals surface area contributed by atoms with E-state index in [1.807, 2.05) is 20.8 Å². The second-order valence-electron chi connectivity index (χ2n) is 7.30. The summed E-state index contributed by atoms with van der Waals surface area (Å²) >= 11 is 0. The number of carbonyl (C=O) groups excluding carboxylic acids is 2. The molecule has 1 N–H and O–H groups in total. The number of hydrogen-bond acceptors (Lipinski definition) is 3. The fraction of sp³-hybridized carbons (Fsp3) is 0.550. The van der Waals surface area contributed by atoms with Gasteiger partial charge in [0.25, 0.3) is 0 Å². The summed E-state index contributed by atoms with van der Waals surface area (Å²) in [6.07, 6.45) is 1.23. The first-order valence-corrected chi connectivity index (χ1v) is 9.00. The number of carboxylic acids is 1. The molecule has 1 fully saturated rings. The standard InChI is InChI=1S/C20H28N2O4/c1-13-9-14(2)17(15(3)10-13)11-18(23)21(4)12-19(24)22-7-5-16(6-8-22)20(25)26/h9-10,16H,5-8,11-12H2,1-4H3,(H,25,26). The van der Waals surface area contributed by atoms with Gasteiger partial charge in [-0.2, -0.15) is 0 Å². The maximum atomic E-state index is 12.5. The van der Waals surface area contributed by atoms with Gasteiger partial charge in [0, 0.05) is 20.1 Å². The van der Waals surface area contributed by atoms with E-state index in [1.165, 1.54) is 10.5 Å². The van der Waals surface area contributed by atoms with Crippen molar-refractivity contribution in [1.29, 1.82) is 0 Å². The van der Waals surface area contributed by atoms with Gasteiger partial charge in [-0.1, -0.05) is 17.7 Å². The molecule has 1 aromatic carbocycles. The lowest BCUT2D eigenvalue weighted by atomic mass is 9.96. The van der Waals surface area contributed by atoms with Crippen LogP contribution in [0.5, 0.6) is 0 Å².